The van der Waals surface area contributed by atoms with E-state index in [4.69, 9.17) is 9.72 Å². The number of aromatic nitrogens is 3. The fraction of sp³-hybridized carbons (Fsp3) is 0.208. The number of halogens is 2. The van der Waals surface area contributed by atoms with Gasteiger partial charge in [0.15, 0.2) is 5.65 Å². The summed E-state index contributed by atoms with van der Waals surface area (Å²) in [5, 5.41) is 0. The number of imidazole rings is 1. The average Bonchev–Trinajstić information content (AvgIpc) is 3.41. The normalized spacial score (nSPS) is 15.3. The van der Waals surface area contributed by atoms with Crippen molar-refractivity contribution in [3.8, 4) is 28.3 Å². The Morgan fingerprint density at radius 2 is 1.78 bits per heavy atom. The van der Waals surface area contributed by atoms with Gasteiger partial charge in [0.05, 0.1) is 13.7 Å². The Hall–Kier alpha value is -3.81. The van der Waals surface area contributed by atoms with Crippen molar-refractivity contribution >= 4 is 17.1 Å². The van der Waals surface area contributed by atoms with Gasteiger partial charge in [-0.15, -0.1) is 0 Å². The van der Waals surface area contributed by atoms with Crippen LogP contribution < -0.4 is 4.74 Å². The van der Waals surface area contributed by atoms with E-state index in [9.17, 15) is 13.6 Å². The number of ether oxygens (including phenoxy) is 1. The number of rotatable bonds is 4. The highest BCUT2D eigenvalue weighted by Gasteiger charge is 2.40. The molecule has 0 saturated carbocycles. The molecule has 0 radical (unpaired) electrons. The van der Waals surface area contributed by atoms with E-state index in [1.165, 1.54) is 4.90 Å². The molecule has 1 fully saturated rings. The summed E-state index contributed by atoms with van der Waals surface area (Å²) in [6.07, 6.45) is 1.43. The number of carbonyl (C=O) groups is 1. The molecule has 0 atom stereocenters. The van der Waals surface area contributed by atoms with Crippen molar-refractivity contribution in [3.63, 3.8) is 0 Å². The van der Waals surface area contributed by atoms with Gasteiger partial charge in [-0.3, -0.25) is 4.79 Å². The van der Waals surface area contributed by atoms with Gasteiger partial charge in [-0.1, -0.05) is 24.3 Å². The zero-order chi connectivity index (χ0) is 22.3. The molecule has 1 aliphatic rings. The Morgan fingerprint density at radius 1 is 1.06 bits per heavy atom. The molecule has 162 valence electrons. The van der Waals surface area contributed by atoms with Gasteiger partial charge in [0.25, 0.3) is 11.8 Å². The lowest BCUT2D eigenvalue weighted by Crippen LogP contribution is -2.31. The molecule has 0 unspecified atom stereocenters. The fourth-order valence-corrected chi connectivity index (χ4v) is 3.91. The monoisotopic (exact) mass is 434 g/mol. The second-order valence-corrected chi connectivity index (χ2v) is 7.78. The Morgan fingerprint density at radius 3 is 2.44 bits per heavy atom. The van der Waals surface area contributed by atoms with Crippen LogP contribution in [0.2, 0.25) is 0 Å². The highest BCUT2D eigenvalue weighted by molar-refractivity contribution is 5.95. The molecule has 0 aliphatic carbocycles. The number of amides is 1. The predicted octanol–water partition coefficient (Wildman–Crippen LogP) is 4.78. The van der Waals surface area contributed by atoms with Crippen molar-refractivity contribution in [2.75, 3.05) is 20.2 Å². The Balaban J connectivity index is 1.43. The van der Waals surface area contributed by atoms with Gasteiger partial charge in [0.1, 0.15) is 17.1 Å². The Kier molecular flexibility index (Phi) is 4.84. The van der Waals surface area contributed by atoms with E-state index in [0.717, 1.165) is 28.0 Å². The van der Waals surface area contributed by atoms with Crippen LogP contribution in [0.15, 0.2) is 60.8 Å². The third-order valence-electron chi connectivity index (χ3n) is 5.65. The molecular formula is C24H20F2N4O2. The number of H-pyrrole nitrogens is 1. The molecular weight excluding hydrogens is 414 g/mol. The standard InChI is InChI=1S/C24H20F2N4O2/c1-32-18-8-6-15(7-9-18)19-10-12-27-22-20(19)28-21(29-22)16-2-4-17(5-3-16)23(31)30-13-11-24(25,26)14-30/h2-10,12H,11,13-14H2,1H3,(H,27,28,29). The number of pyridine rings is 1. The number of benzene rings is 2. The quantitative estimate of drug-likeness (QED) is 0.502. The molecule has 32 heavy (non-hydrogen) atoms. The maximum Gasteiger partial charge on any atom is 0.267 e. The molecule has 2 aromatic heterocycles. The van der Waals surface area contributed by atoms with Gasteiger partial charge in [-0.2, -0.15) is 0 Å². The maximum absolute atomic E-state index is 13.4. The number of alkyl halides is 2. The minimum absolute atomic E-state index is 0.0664. The molecule has 1 N–H and O–H groups in total. The lowest BCUT2D eigenvalue weighted by Gasteiger charge is -2.16. The summed E-state index contributed by atoms with van der Waals surface area (Å²) < 4.78 is 32.1. The second kappa shape index (κ2) is 7.71. The van der Waals surface area contributed by atoms with Crippen molar-refractivity contribution in [3.05, 3.63) is 66.4 Å². The first-order valence-corrected chi connectivity index (χ1v) is 10.2. The SMILES string of the molecule is COc1ccc(-c2ccnc3[nH]c(-c4ccc(C(=O)N5CCC(F)(F)C5)cc4)nc23)cc1. The van der Waals surface area contributed by atoms with Crippen molar-refractivity contribution < 1.29 is 18.3 Å². The lowest BCUT2D eigenvalue weighted by molar-refractivity contribution is 0.0120. The Labute approximate surface area is 182 Å². The van der Waals surface area contributed by atoms with E-state index in [0.29, 0.717) is 17.0 Å². The third-order valence-corrected chi connectivity index (χ3v) is 5.65. The van der Waals surface area contributed by atoms with Gasteiger partial charge in [0, 0.05) is 35.9 Å². The minimum Gasteiger partial charge on any atom is -0.497 e. The second-order valence-electron chi connectivity index (χ2n) is 7.78. The van der Waals surface area contributed by atoms with E-state index >= 15 is 0 Å². The van der Waals surface area contributed by atoms with Crippen molar-refractivity contribution in [1.29, 1.82) is 0 Å². The lowest BCUT2D eigenvalue weighted by atomic mass is 10.1. The summed E-state index contributed by atoms with van der Waals surface area (Å²) in [6, 6.07) is 16.4. The van der Waals surface area contributed by atoms with Gasteiger partial charge >= 0.3 is 0 Å². The van der Waals surface area contributed by atoms with E-state index in [2.05, 4.69) is 9.97 Å². The number of likely N-dealkylation sites (tertiary alicyclic amines) is 1. The van der Waals surface area contributed by atoms with Crippen LogP contribution in [0.5, 0.6) is 5.75 Å². The smallest absolute Gasteiger partial charge is 0.267 e. The highest BCUT2D eigenvalue weighted by atomic mass is 19.3. The number of fused-ring (bicyclic) bond motifs is 1. The average molecular weight is 434 g/mol. The zero-order valence-corrected chi connectivity index (χ0v) is 17.3. The first kappa shape index (κ1) is 20.1. The Bertz CT molecular complexity index is 1280. The summed E-state index contributed by atoms with van der Waals surface area (Å²) in [4.78, 5) is 26.0. The fourth-order valence-electron chi connectivity index (χ4n) is 3.91. The van der Waals surface area contributed by atoms with E-state index < -0.39 is 12.5 Å². The van der Waals surface area contributed by atoms with Gasteiger partial charge in [-0.05, 0) is 35.9 Å². The number of methoxy groups -OCH3 is 1. The summed E-state index contributed by atoms with van der Waals surface area (Å²) in [6.45, 7) is -0.464. The topological polar surface area (TPSA) is 71.1 Å². The molecule has 1 amide bonds. The number of hydrogen-bond acceptors (Lipinski definition) is 4. The van der Waals surface area contributed by atoms with Crippen LogP contribution in [0.4, 0.5) is 8.78 Å². The third kappa shape index (κ3) is 3.68. The molecule has 3 heterocycles. The van der Waals surface area contributed by atoms with Crippen LogP contribution in [0.25, 0.3) is 33.7 Å². The van der Waals surface area contributed by atoms with Gasteiger partial charge in [-0.25, -0.2) is 18.7 Å². The highest BCUT2D eigenvalue weighted by Crippen LogP contribution is 2.31. The first-order chi connectivity index (χ1) is 15.4. The summed E-state index contributed by atoms with van der Waals surface area (Å²) in [5.74, 6) is -1.81. The largest absolute Gasteiger partial charge is 0.497 e. The molecule has 1 saturated heterocycles. The molecule has 4 aromatic rings. The van der Waals surface area contributed by atoms with Crippen LogP contribution in [0, 0.1) is 0 Å². The van der Waals surface area contributed by atoms with Crippen LogP contribution in [-0.2, 0) is 0 Å². The van der Waals surface area contributed by atoms with Crippen LogP contribution >= 0.6 is 0 Å². The number of carbonyl (C=O) groups excluding carboxylic acids is 1. The van der Waals surface area contributed by atoms with Gasteiger partial charge < -0.3 is 14.6 Å². The van der Waals surface area contributed by atoms with E-state index in [1.807, 2.05) is 30.3 Å². The van der Waals surface area contributed by atoms with Crippen LogP contribution in [-0.4, -0.2) is 51.9 Å². The van der Waals surface area contributed by atoms with Crippen molar-refractivity contribution in [2.45, 2.75) is 12.3 Å². The molecule has 2 aromatic carbocycles. The van der Waals surface area contributed by atoms with E-state index in [-0.39, 0.29) is 18.9 Å². The number of hydrogen-bond donors (Lipinski definition) is 1. The summed E-state index contributed by atoms with van der Waals surface area (Å²) in [7, 11) is 1.62. The summed E-state index contributed by atoms with van der Waals surface area (Å²) in [5.41, 5.74) is 4.44. The number of aromatic amines is 1. The zero-order valence-electron chi connectivity index (χ0n) is 17.3. The number of nitrogens with zero attached hydrogens (tertiary/aromatic N) is 3. The van der Waals surface area contributed by atoms with Crippen LogP contribution in [0.1, 0.15) is 16.8 Å². The molecule has 0 bridgehead atoms. The maximum atomic E-state index is 13.4. The predicted molar refractivity (Wildman–Crippen MR) is 117 cm³/mol. The van der Waals surface area contributed by atoms with Crippen molar-refractivity contribution in [2.24, 2.45) is 0 Å². The molecule has 5 rings (SSSR count). The van der Waals surface area contributed by atoms with Gasteiger partial charge in [0.2, 0.25) is 0 Å². The number of nitrogens with one attached hydrogen (secondary N) is 1. The minimum atomic E-state index is -2.81. The first-order valence-electron chi connectivity index (χ1n) is 10.2. The van der Waals surface area contributed by atoms with Crippen molar-refractivity contribution in [1.82, 2.24) is 19.9 Å². The molecule has 6 nitrogen and oxygen atoms in total. The van der Waals surface area contributed by atoms with Crippen LogP contribution in [0.3, 0.4) is 0 Å². The molecule has 0 spiro atoms. The molecule has 8 heteroatoms. The van der Waals surface area contributed by atoms with E-state index in [1.54, 1.807) is 37.6 Å². The molecule has 1 aliphatic heterocycles. The summed E-state index contributed by atoms with van der Waals surface area (Å²) >= 11 is 0.